The molecule has 0 aromatic heterocycles. The van der Waals surface area contributed by atoms with Crippen molar-refractivity contribution >= 4 is 5.97 Å². The van der Waals surface area contributed by atoms with Crippen LogP contribution in [-0.4, -0.2) is 23.3 Å². The lowest BCUT2D eigenvalue weighted by molar-refractivity contribution is -0.153. The average Bonchev–Trinajstić information content (AvgIpc) is 2.22. The minimum atomic E-state index is -0.435. The Morgan fingerprint density at radius 2 is 2.00 bits per heavy atom. The molecule has 0 aromatic carbocycles. The van der Waals surface area contributed by atoms with Crippen LogP contribution in [0.25, 0.3) is 0 Å². The van der Waals surface area contributed by atoms with Gasteiger partial charge >= 0.3 is 5.97 Å². The third-order valence-electron chi connectivity index (χ3n) is 2.44. The van der Waals surface area contributed by atoms with Gasteiger partial charge in [-0.3, -0.25) is 4.79 Å². The van der Waals surface area contributed by atoms with Crippen molar-refractivity contribution in [3.8, 4) is 0 Å². The standard InChI is InChI=1S/C15H28O3/c1-6-7-8-13(9-12(2)11-16)10-14(17)18-15(3,4)5/h8,12,16H,6-7,9-11H2,1-5H3. The van der Waals surface area contributed by atoms with E-state index < -0.39 is 5.60 Å². The van der Waals surface area contributed by atoms with E-state index in [2.05, 4.69) is 13.0 Å². The zero-order valence-corrected chi connectivity index (χ0v) is 12.5. The molecule has 3 heteroatoms. The summed E-state index contributed by atoms with van der Waals surface area (Å²) in [5.41, 5.74) is 0.642. The van der Waals surface area contributed by atoms with Gasteiger partial charge in [-0.1, -0.05) is 31.9 Å². The molecule has 0 aliphatic rings. The topological polar surface area (TPSA) is 46.5 Å². The molecule has 0 radical (unpaired) electrons. The van der Waals surface area contributed by atoms with Crippen molar-refractivity contribution in [3.63, 3.8) is 0 Å². The normalized spacial score (nSPS) is 14.4. The highest BCUT2D eigenvalue weighted by atomic mass is 16.6. The Morgan fingerprint density at radius 1 is 1.39 bits per heavy atom. The van der Waals surface area contributed by atoms with Gasteiger partial charge in [0.05, 0.1) is 6.42 Å². The first-order valence-electron chi connectivity index (χ1n) is 6.79. The predicted octanol–water partition coefficient (Wildman–Crippen LogP) is 3.46. The summed E-state index contributed by atoms with van der Waals surface area (Å²) in [5, 5.41) is 9.09. The molecule has 0 fully saturated rings. The highest BCUT2D eigenvalue weighted by Gasteiger charge is 2.18. The monoisotopic (exact) mass is 256 g/mol. The average molecular weight is 256 g/mol. The molecule has 0 saturated carbocycles. The number of hydrogen-bond donors (Lipinski definition) is 1. The zero-order chi connectivity index (χ0) is 14.2. The summed E-state index contributed by atoms with van der Waals surface area (Å²) in [5.74, 6) is 0.00513. The minimum absolute atomic E-state index is 0.151. The molecule has 0 spiro atoms. The summed E-state index contributed by atoms with van der Waals surface area (Å²) in [7, 11) is 0. The molecule has 0 aliphatic heterocycles. The number of aliphatic hydroxyl groups is 1. The van der Waals surface area contributed by atoms with Crippen molar-refractivity contribution in [1.29, 1.82) is 0 Å². The SMILES string of the molecule is CCCC=C(CC(=O)OC(C)(C)C)CC(C)CO. The van der Waals surface area contributed by atoms with Crippen LogP contribution < -0.4 is 0 Å². The Kier molecular flexibility index (Phi) is 7.92. The van der Waals surface area contributed by atoms with E-state index in [9.17, 15) is 4.79 Å². The van der Waals surface area contributed by atoms with Gasteiger partial charge in [0.2, 0.25) is 0 Å². The number of hydrogen-bond acceptors (Lipinski definition) is 3. The molecule has 0 rings (SSSR count). The summed E-state index contributed by atoms with van der Waals surface area (Å²) >= 11 is 0. The molecule has 0 saturated heterocycles. The number of aliphatic hydroxyl groups excluding tert-OH is 1. The lowest BCUT2D eigenvalue weighted by Crippen LogP contribution is -2.24. The van der Waals surface area contributed by atoms with Gasteiger partial charge < -0.3 is 9.84 Å². The van der Waals surface area contributed by atoms with E-state index in [4.69, 9.17) is 9.84 Å². The second-order valence-electron chi connectivity index (χ2n) is 5.91. The van der Waals surface area contributed by atoms with Gasteiger partial charge in [0.15, 0.2) is 0 Å². The zero-order valence-electron chi connectivity index (χ0n) is 12.5. The number of carbonyl (C=O) groups is 1. The van der Waals surface area contributed by atoms with Gasteiger partial charge in [0, 0.05) is 6.61 Å². The van der Waals surface area contributed by atoms with E-state index in [-0.39, 0.29) is 18.5 Å². The van der Waals surface area contributed by atoms with Crippen LogP contribution >= 0.6 is 0 Å². The van der Waals surface area contributed by atoms with Crippen molar-refractivity contribution in [2.45, 2.75) is 65.9 Å². The fraction of sp³-hybridized carbons (Fsp3) is 0.800. The van der Waals surface area contributed by atoms with Crippen LogP contribution in [0.3, 0.4) is 0 Å². The Morgan fingerprint density at radius 3 is 2.44 bits per heavy atom. The summed E-state index contributed by atoms with van der Waals surface area (Å²) in [6.45, 7) is 9.85. The maximum atomic E-state index is 11.8. The summed E-state index contributed by atoms with van der Waals surface area (Å²) in [6, 6.07) is 0. The molecule has 0 amide bonds. The first-order valence-corrected chi connectivity index (χ1v) is 6.79. The number of rotatable bonds is 7. The highest BCUT2D eigenvalue weighted by Crippen LogP contribution is 2.18. The Bertz CT molecular complexity index is 274. The van der Waals surface area contributed by atoms with Gasteiger partial charge in [0.25, 0.3) is 0 Å². The van der Waals surface area contributed by atoms with E-state index >= 15 is 0 Å². The summed E-state index contributed by atoms with van der Waals surface area (Å²) < 4.78 is 5.32. The smallest absolute Gasteiger partial charge is 0.310 e. The van der Waals surface area contributed by atoms with Gasteiger partial charge in [-0.15, -0.1) is 0 Å². The van der Waals surface area contributed by atoms with Crippen molar-refractivity contribution in [3.05, 3.63) is 11.6 Å². The van der Waals surface area contributed by atoms with Crippen molar-refractivity contribution < 1.29 is 14.6 Å². The van der Waals surface area contributed by atoms with Crippen LogP contribution in [0.1, 0.15) is 60.3 Å². The number of allylic oxidation sites excluding steroid dienone is 1. The number of ether oxygens (including phenoxy) is 1. The summed E-state index contributed by atoms with van der Waals surface area (Å²) in [4.78, 5) is 11.8. The van der Waals surface area contributed by atoms with E-state index in [1.165, 1.54) is 0 Å². The van der Waals surface area contributed by atoms with E-state index in [1.807, 2.05) is 27.7 Å². The molecule has 0 bridgehead atoms. The molecule has 1 N–H and O–H groups in total. The maximum absolute atomic E-state index is 11.8. The van der Waals surface area contributed by atoms with Gasteiger partial charge in [-0.05, 0) is 39.5 Å². The molecule has 0 aliphatic carbocycles. The maximum Gasteiger partial charge on any atom is 0.310 e. The number of unbranched alkanes of at least 4 members (excludes halogenated alkanes) is 1. The van der Waals surface area contributed by atoms with Gasteiger partial charge in [-0.2, -0.15) is 0 Å². The van der Waals surface area contributed by atoms with Crippen molar-refractivity contribution in [2.75, 3.05) is 6.61 Å². The molecule has 0 aromatic rings. The molecule has 1 atom stereocenters. The van der Waals surface area contributed by atoms with Crippen molar-refractivity contribution in [1.82, 2.24) is 0 Å². The fourth-order valence-electron chi connectivity index (χ4n) is 1.65. The molecular formula is C15H28O3. The van der Waals surface area contributed by atoms with E-state index in [0.717, 1.165) is 24.8 Å². The molecule has 1 unspecified atom stereocenters. The third-order valence-corrected chi connectivity index (χ3v) is 2.44. The summed E-state index contributed by atoms with van der Waals surface area (Å²) in [6.07, 6.45) is 5.23. The van der Waals surface area contributed by atoms with Gasteiger partial charge in [0.1, 0.15) is 5.60 Å². The Labute approximate surface area is 111 Å². The minimum Gasteiger partial charge on any atom is -0.460 e. The van der Waals surface area contributed by atoms with Gasteiger partial charge in [-0.25, -0.2) is 0 Å². The van der Waals surface area contributed by atoms with Crippen molar-refractivity contribution in [2.24, 2.45) is 5.92 Å². The molecule has 3 nitrogen and oxygen atoms in total. The van der Waals surface area contributed by atoms with Crippen LogP contribution in [0.2, 0.25) is 0 Å². The molecule has 106 valence electrons. The second-order valence-corrected chi connectivity index (χ2v) is 5.91. The van der Waals surface area contributed by atoms with Crippen LogP contribution in [0.4, 0.5) is 0 Å². The fourth-order valence-corrected chi connectivity index (χ4v) is 1.65. The first-order chi connectivity index (χ1) is 8.28. The second kappa shape index (κ2) is 8.30. The Balaban J connectivity index is 4.45. The van der Waals surface area contributed by atoms with E-state index in [0.29, 0.717) is 6.42 Å². The Hall–Kier alpha value is -0.830. The third kappa shape index (κ3) is 9.23. The van der Waals surface area contributed by atoms with Crippen LogP contribution in [0.15, 0.2) is 11.6 Å². The quantitative estimate of drug-likeness (QED) is 0.560. The van der Waals surface area contributed by atoms with E-state index in [1.54, 1.807) is 0 Å². The lowest BCUT2D eigenvalue weighted by atomic mass is 9.98. The lowest BCUT2D eigenvalue weighted by Gasteiger charge is -2.20. The molecule has 18 heavy (non-hydrogen) atoms. The van der Waals surface area contributed by atoms with Crippen LogP contribution in [-0.2, 0) is 9.53 Å². The molecular weight excluding hydrogens is 228 g/mol. The number of carbonyl (C=O) groups excluding carboxylic acids is 1. The first kappa shape index (κ1) is 17.2. The predicted molar refractivity (Wildman–Crippen MR) is 74.3 cm³/mol. The largest absolute Gasteiger partial charge is 0.460 e. The van der Waals surface area contributed by atoms with Crippen LogP contribution in [0, 0.1) is 5.92 Å². The molecule has 0 heterocycles. The van der Waals surface area contributed by atoms with Crippen LogP contribution in [0.5, 0.6) is 0 Å². The number of esters is 1. The highest BCUT2D eigenvalue weighted by molar-refractivity contribution is 5.72.